The third kappa shape index (κ3) is 5.27. The molecule has 1 amide bonds. The Kier molecular flexibility index (Phi) is 6.49. The van der Waals surface area contributed by atoms with Crippen LogP contribution in [-0.2, 0) is 16.1 Å². The van der Waals surface area contributed by atoms with Crippen molar-refractivity contribution in [2.24, 2.45) is 0 Å². The molecule has 0 aliphatic heterocycles. The van der Waals surface area contributed by atoms with Crippen molar-refractivity contribution in [3.05, 3.63) is 61.3 Å². The second-order valence-electron chi connectivity index (χ2n) is 4.99. The molecule has 0 aliphatic rings. The average Bonchev–Trinajstić information content (AvgIpc) is 3.02. The van der Waals surface area contributed by atoms with Gasteiger partial charge in [-0.3, -0.25) is 14.9 Å². The van der Waals surface area contributed by atoms with E-state index in [1.165, 1.54) is 35.6 Å². The lowest BCUT2D eigenvalue weighted by Gasteiger charge is -2.19. The van der Waals surface area contributed by atoms with Crippen LogP contribution in [0.15, 0.2) is 36.4 Å². The Bertz CT molecular complexity index is 775. The summed E-state index contributed by atoms with van der Waals surface area (Å²) in [5.41, 5.74) is 0.0193. The third-order valence-electron chi connectivity index (χ3n) is 3.35. The zero-order chi connectivity index (χ0) is 18.4. The predicted molar refractivity (Wildman–Crippen MR) is 93.8 cm³/mol. The van der Waals surface area contributed by atoms with E-state index in [1.807, 2.05) is 13.0 Å². The number of likely N-dealkylation sites (N-methyl/N-ethyl adjacent to an activating group) is 1. The highest BCUT2D eigenvalue weighted by Gasteiger charge is 2.17. The largest absolute Gasteiger partial charge is 0.452 e. The summed E-state index contributed by atoms with van der Waals surface area (Å²) in [5.74, 6) is -1.04. The van der Waals surface area contributed by atoms with E-state index >= 15 is 0 Å². The summed E-state index contributed by atoms with van der Waals surface area (Å²) in [4.78, 5) is 36.6. The molecule has 0 N–H and O–H groups in total. The summed E-state index contributed by atoms with van der Waals surface area (Å²) in [7, 11) is 0. The van der Waals surface area contributed by atoms with Crippen LogP contribution in [-0.4, -0.2) is 34.9 Å². The van der Waals surface area contributed by atoms with Gasteiger partial charge in [0.25, 0.3) is 11.6 Å². The molecule has 0 radical (unpaired) electrons. The topological polar surface area (TPSA) is 89.8 Å². The second-order valence-corrected chi connectivity index (χ2v) is 6.79. The molecule has 0 aliphatic carbocycles. The van der Waals surface area contributed by atoms with Crippen molar-refractivity contribution in [3.8, 4) is 0 Å². The van der Waals surface area contributed by atoms with Crippen molar-refractivity contribution in [1.82, 2.24) is 4.90 Å². The van der Waals surface area contributed by atoms with Crippen LogP contribution in [0.1, 0.15) is 22.2 Å². The standard InChI is InChI=1S/C16H15ClN2O5S/c1-2-18(9-13-7-8-14(17)25-13)15(20)10-24-16(21)11-3-5-12(6-4-11)19(22)23/h3-8H,2,9-10H2,1H3. The smallest absolute Gasteiger partial charge is 0.338 e. The van der Waals surface area contributed by atoms with Crippen molar-refractivity contribution in [3.63, 3.8) is 0 Å². The summed E-state index contributed by atoms with van der Waals surface area (Å²) >= 11 is 7.25. The van der Waals surface area contributed by atoms with Crippen LogP contribution in [0.3, 0.4) is 0 Å². The molecule has 1 aromatic carbocycles. The van der Waals surface area contributed by atoms with E-state index in [0.29, 0.717) is 17.4 Å². The minimum Gasteiger partial charge on any atom is -0.452 e. The molecule has 0 atom stereocenters. The average molecular weight is 383 g/mol. The molecule has 1 heterocycles. The highest BCUT2D eigenvalue weighted by molar-refractivity contribution is 7.16. The number of esters is 1. The molecule has 9 heteroatoms. The summed E-state index contributed by atoms with van der Waals surface area (Å²) in [6.07, 6.45) is 0. The molecule has 0 bridgehead atoms. The van der Waals surface area contributed by atoms with Crippen LogP contribution < -0.4 is 0 Å². The number of hydrogen-bond acceptors (Lipinski definition) is 6. The van der Waals surface area contributed by atoms with E-state index in [9.17, 15) is 19.7 Å². The van der Waals surface area contributed by atoms with Gasteiger partial charge in [-0.15, -0.1) is 11.3 Å². The monoisotopic (exact) mass is 382 g/mol. The van der Waals surface area contributed by atoms with Crippen molar-refractivity contribution in [1.29, 1.82) is 0 Å². The summed E-state index contributed by atoms with van der Waals surface area (Å²) < 4.78 is 5.64. The van der Waals surface area contributed by atoms with Gasteiger partial charge >= 0.3 is 5.97 Å². The van der Waals surface area contributed by atoms with Crippen molar-refractivity contribution < 1.29 is 19.2 Å². The Morgan fingerprint density at radius 2 is 1.92 bits per heavy atom. The van der Waals surface area contributed by atoms with Crippen molar-refractivity contribution >= 4 is 40.5 Å². The van der Waals surface area contributed by atoms with Gasteiger partial charge in [0.15, 0.2) is 6.61 Å². The molecule has 132 valence electrons. The highest BCUT2D eigenvalue weighted by atomic mass is 35.5. The van der Waals surface area contributed by atoms with Crippen LogP contribution in [0.25, 0.3) is 0 Å². The lowest BCUT2D eigenvalue weighted by molar-refractivity contribution is -0.384. The number of benzene rings is 1. The number of non-ortho nitro benzene ring substituents is 1. The number of nitro groups is 1. The van der Waals surface area contributed by atoms with Gasteiger partial charge in [-0.25, -0.2) is 4.79 Å². The number of carbonyl (C=O) groups is 2. The van der Waals surface area contributed by atoms with Crippen LogP contribution >= 0.6 is 22.9 Å². The van der Waals surface area contributed by atoms with Gasteiger partial charge in [0, 0.05) is 23.6 Å². The quantitative estimate of drug-likeness (QED) is 0.415. The Morgan fingerprint density at radius 1 is 1.24 bits per heavy atom. The zero-order valence-electron chi connectivity index (χ0n) is 13.3. The zero-order valence-corrected chi connectivity index (χ0v) is 14.9. The number of carbonyl (C=O) groups excluding carboxylic acids is 2. The van der Waals surface area contributed by atoms with E-state index in [-0.39, 0.29) is 17.2 Å². The van der Waals surface area contributed by atoms with Crippen molar-refractivity contribution in [2.75, 3.05) is 13.2 Å². The first-order valence-corrected chi connectivity index (χ1v) is 8.53. The Labute approximate surface area is 152 Å². The molecular formula is C16H15ClN2O5S. The van der Waals surface area contributed by atoms with Crippen LogP contribution in [0.5, 0.6) is 0 Å². The first kappa shape index (κ1) is 18.9. The first-order chi connectivity index (χ1) is 11.9. The number of halogens is 1. The maximum Gasteiger partial charge on any atom is 0.338 e. The summed E-state index contributed by atoms with van der Waals surface area (Å²) in [6, 6.07) is 8.58. The maximum absolute atomic E-state index is 12.2. The first-order valence-electron chi connectivity index (χ1n) is 7.34. The van der Waals surface area contributed by atoms with E-state index < -0.39 is 17.5 Å². The molecule has 2 rings (SSSR count). The lowest BCUT2D eigenvalue weighted by Crippen LogP contribution is -2.33. The molecule has 2 aromatic rings. The van der Waals surface area contributed by atoms with Gasteiger partial charge in [0.05, 0.1) is 21.4 Å². The van der Waals surface area contributed by atoms with Crippen molar-refractivity contribution in [2.45, 2.75) is 13.5 Å². The SMILES string of the molecule is CCN(Cc1ccc(Cl)s1)C(=O)COC(=O)c1ccc([N+](=O)[O-])cc1. The van der Waals surface area contributed by atoms with E-state index in [4.69, 9.17) is 16.3 Å². The van der Waals surface area contributed by atoms with Crippen LogP contribution in [0.2, 0.25) is 4.34 Å². The maximum atomic E-state index is 12.2. The molecule has 1 aromatic heterocycles. The third-order valence-corrected chi connectivity index (χ3v) is 4.57. The number of thiophene rings is 1. The summed E-state index contributed by atoms with van der Waals surface area (Å²) in [5, 5.41) is 10.6. The second kappa shape index (κ2) is 8.59. The molecular weight excluding hydrogens is 368 g/mol. The van der Waals surface area contributed by atoms with Gasteiger partial charge in [0.1, 0.15) is 0 Å². The van der Waals surface area contributed by atoms with Gasteiger partial charge in [0.2, 0.25) is 0 Å². The van der Waals surface area contributed by atoms with Gasteiger partial charge in [-0.2, -0.15) is 0 Å². The molecule has 0 saturated carbocycles. The fourth-order valence-electron chi connectivity index (χ4n) is 2.02. The molecule has 0 unspecified atom stereocenters. The lowest BCUT2D eigenvalue weighted by atomic mass is 10.2. The Morgan fingerprint density at radius 3 is 2.44 bits per heavy atom. The van der Waals surface area contributed by atoms with Crippen LogP contribution in [0, 0.1) is 10.1 Å². The number of nitro benzene ring substituents is 1. The number of nitrogens with zero attached hydrogens (tertiary/aromatic N) is 2. The minimum absolute atomic E-state index is 0.126. The Hall–Kier alpha value is -2.45. The predicted octanol–water partition coefficient (Wildman–Crippen LogP) is 3.52. The number of hydrogen-bond donors (Lipinski definition) is 0. The minimum atomic E-state index is -0.710. The molecule has 25 heavy (non-hydrogen) atoms. The van der Waals surface area contributed by atoms with E-state index in [0.717, 1.165) is 4.88 Å². The fraction of sp³-hybridized carbons (Fsp3) is 0.250. The van der Waals surface area contributed by atoms with Gasteiger partial charge < -0.3 is 9.64 Å². The van der Waals surface area contributed by atoms with E-state index in [1.54, 1.807) is 11.0 Å². The van der Waals surface area contributed by atoms with Crippen LogP contribution in [0.4, 0.5) is 5.69 Å². The normalized spacial score (nSPS) is 10.3. The molecule has 0 saturated heterocycles. The highest BCUT2D eigenvalue weighted by Crippen LogP contribution is 2.22. The molecule has 0 spiro atoms. The summed E-state index contributed by atoms with van der Waals surface area (Å²) in [6.45, 7) is 2.28. The molecule has 7 nitrogen and oxygen atoms in total. The number of rotatable bonds is 7. The number of amides is 1. The number of ether oxygens (including phenoxy) is 1. The fourth-order valence-corrected chi connectivity index (χ4v) is 3.13. The molecule has 0 fully saturated rings. The van der Waals surface area contributed by atoms with E-state index in [2.05, 4.69) is 0 Å². The van der Waals surface area contributed by atoms with Gasteiger partial charge in [-0.1, -0.05) is 11.6 Å². The van der Waals surface area contributed by atoms with Gasteiger partial charge in [-0.05, 0) is 31.2 Å². The Balaban J connectivity index is 1.90.